The van der Waals surface area contributed by atoms with Crippen LogP contribution in [0.15, 0.2) is 24.3 Å². The fourth-order valence-corrected chi connectivity index (χ4v) is 4.69. The summed E-state index contributed by atoms with van der Waals surface area (Å²) in [4.78, 5) is 24.8. The molecule has 1 amide bonds. The van der Waals surface area contributed by atoms with Crippen molar-refractivity contribution in [2.45, 2.75) is 52.6 Å². The molecule has 2 rings (SSSR count). The molecule has 9 heteroatoms. The first-order chi connectivity index (χ1) is 13.0. The second-order valence-electron chi connectivity index (χ2n) is 8.67. The molecule has 1 aliphatic heterocycles. The van der Waals surface area contributed by atoms with Crippen molar-refractivity contribution in [3.63, 3.8) is 0 Å². The number of benzene rings is 1. The molecule has 0 bridgehead atoms. The molecule has 1 saturated heterocycles. The summed E-state index contributed by atoms with van der Waals surface area (Å²) in [6.45, 7) is 11.3. The fraction of sp³-hybridized carbons (Fsp3) is 0.632. The number of non-ortho nitro benzene ring substituents is 1. The van der Waals surface area contributed by atoms with E-state index in [1.54, 1.807) is 17.0 Å². The van der Waals surface area contributed by atoms with Gasteiger partial charge in [0.15, 0.2) is 9.04 Å². The maximum absolute atomic E-state index is 12.9. The second kappa shape index (κ2) is 8.58. The zero-order valence-corrected chi connectivity index (χ0v) is 18.5. The molecule has 1 aromatic rings. The van der Waals surface area contributed by atoms with Crippen LogP contribution in [0, 0.1) is 21.4 Å². The average molecular weight is 410 g/mol. The van der Waals surface area contributed by atoms with Gasteiger partial charge in [-0.2, -0.15) is 0 Å². The van der Waals surface area contributed by atoms with E-state index < -0.39 is 25.8 Å². The Balaban J connectivity index is 2.14. The highest BCUT2D eigenvalue weighted by Crippen LogP contribution is 2.43. The van der Waals surface area contributed by atoms with Crippen molar-refractivity contribution in [2.24, 2.45) is 17.1 Å². The lowest BCUT2D eigenvalue weighted by atomic mass is 9.79. The van der Waals surface area contributed by atoms with Gasteiger partial charge in [0, 0.05) is 31.6 Å². The standard InChI is InChI=1S/C19H31N3O5Si/c1-18(2,3)15-10-19(13-20,27-28(4)5)21(11-15)17(23)26-12-14-6-8-16(9-7-14)22(24)25/h6-9,15,28H,10-13,20H2,1-5H3/t15-,19-/m0/s1. The summed E-state index contributed by atoms with van der Waals surface area (Å²) in [6, 6.07) is 5.96. The third kappa shape index (κ3) is 5.09. The van der Waals surface area contributed by atoms with E-state index in [1.807, 2.05) is 0 Å². The third-order valence-corrected chi connectivity index (χ3v) is 6.10. The summed E-state index contributed by atoms with van der Waals surface area (Å²) in [5.41, 5.74) is 5.95. The Kier molecular flexibility index (Phi) is 6.84. The van der Waals surface area contributed by atoms with Crippen molar-refractivity contribution < 1.29 is 18.9 Å². The Morgan fingerprint density at radius 3 is 2.43 bits per heavy atom. The third-order valence-electron chi connectivity index (χ3n) is 5.19. The highest BCUT2D eigenvalue weighted by atomic mass is 28.3. The Morgan fingerprint density at radius 2 is 1.96 bits per heavy atom. The molecule has 0 aliphatic carbocycles. The van der Waals surface area contributed by atoms with Crippen molar-refractivity contribution >= 4 is 20.8 Å². The number of ether oxygens (including phenoxy) is 1. The minimum Gasteiger partial charge on any atom is -0.444 e. The zero-order chi connectivity index (χ0) is 21.1. The van der Waals surface area contributed by atoms with E-state index >= 15 is 0 Å². The molecule has 2 atom stereocenters. The van der Waals surface area contributed by atoms with Crippen LogP contribution < -0.4 is 5.73 Å². The highest BCUT2D eigenvalue weighted by Gasteiger charge is 2.51. The molecule has 2 N–H and O–H groups in total. The Hall–Kier alpha value is -1.97. The number of nitrogens with zero attached hydrogens (tertiary/aromatic N) is 2. The van der Waals surface area contributed by atoms with Gasteiger partial charge in [0.05, 0.1) is 4.92 Å². The summed E-state index contributed by atoms with van der Waals surface area (Å²) >= 11 is 0. The summed E-state index contributed by atoms with van der Waals surface area (Å²) in [6.07, 6.45) is 0.218. The first-order valence-electron chi connectivity index (χ1n) is 9.54. The van der Waals surface area contributed by atoms with Crippen molar-refractivity contribution in [2.75, 3.05) is 13.1 Å². The lowest BCUT2D eigenvalue weighted by Crippen LogP contribution is -2.56. The fourth-order valence-electron chi connectivity index (χ4n) is 3.50. The molecule has 8 nitrogen and oxygen atoms in total. The molecule has 1 heterocycles. The molecule has 0 spiro atoms. The maximum Gasteiger partial charge on any atom is 0.412 e. The number of carbonyl (C=O) groups is 1. The predicted molar refractivity (Wildman–Crippen MR) is 109 cm³/mol. The van der Waals surface area contributed by atoms with Crippen molar-refractivity contribution in [3.8, 4) is 0 Å². The van der Waals surface area contributed by atoms with Crippen LogP contribution in [0.2, 0.25) is 13.1 Å². The number of amides is 1. The minimum absolute atomic E-state index is 0.0000734. The molecule has 1 aromatic carbocycles. The summed E-state index contributed by atoms with van der Waals surface area (Å²) in [5, 5.41) is 10.7. The average Bonchev–Trinajstić information content (AvgIpc) is 2.99. The van der Waals surface area contributed by atoms with E-state index in [0.29, 0.717) is 18.5 Å². The van der Waals surface area contributed by atoms with Crippen LogP contribution in [-0.2, 0) is 15.8 Å². The number of hydrogen-bond donors (Lipinski definition) is 1. The van der Waals surface area contributed by atoms with Gasteiger partial charge in [-0.1, -0.05) is 20.8 Å². The van der Waals surface area contributed by atoms with E-state index in [1.165, 1.54) is 12.1 Å². The van der Waals surface area contributed by atoms with Gasteiger partial charge in [0.25, 0.3) is 5.69 Å². The predicted octanol–water partition coefficient (Wildman–Crippen LogP) is 3.25. The smallest absolute Gasteiger partial charge is 0.412 e. The number of nitro groups is 1. The van der Waals surface area contributed by atoms with Gasteiger partial charge >= 0.3 is 6.09 Å². The van der Waals surface area contributed by atoms with Crippen LogP contribution in [0.25, 0.3) is 0 Å². The minimum atomic E-state index is -1.46. The van der Waals surface area contributed by atoms with Crippen LogP contribution in [0.3, 0.4) is 0 Å². The Labute approximate surface area is 167 Å². The SMILES string of the molecule is C[SiH](C)O[C@]1(CN)C[C@H](C(C)(C)C)CN1C(=O)OCc1ccc([N+](=O)[O-])cc1. The van der Waals surface area contributed by atoms with Crippen LogP contribution in [-0.4, -0.2) is 43.8 Å². The quantitative estimate of drug-likeness (QED) is 0.439. The number of nitrogens with two attached hydrogens (primary N) is 1. The molecular formula is C19H31N3O5Si. The van der Waals surface area contributed by atoms with E-state index in [4.69, 9.17) is 14.9 Å². The van der Waals surface area contributed by atoms with Gasteiger partial charge in [-0.15, -0.1) is 0 Å². The lowest BCUT2D eigenvalue weighted by Gasteiger charge is -2.38. The van der Waals surface area contributed by atoms with Gasteiger partial charge in [-0.05, 0) is 42.1 Å². The van der Waals surface area contributed by atoms with E-state index in [0.717, 1.165) is 0 Å². The molecule has 1 fully saturated rings. The monoisotopic (exact) mass is 409 g/mol. The molecular weight excluding hydrogens is 378 g/mol. The van der Waals surface area contributed by atoms with Crippen LogP contribution in [0.5, 0.6) is 0 Å². The number of rotatable bonds is 6. The number of carbonyl (C=O) groups excluding carboxylic acids is 1. The van der Waals surface area contributed by atoms with E-state index in [9.17, 15) is 14.9 Å². The Morgan fingerprint density at radius 1 is 1.36 bits per heavy atom. The van der Waals surface area contributed by atoms with Crippen LogP contribution >= 0.6 is 0 Å². The van der Waals surface area contributed by atoms with Gasteiger partial charge in [-0.25, -0.2) is 4.79 Å². The molecule has 0 aromatic heterocycles. The van der Waals surface area contributed by atoms with Crippen molar-refractivity contribution in [1.29, 1.82) is 0 Å². The van der Waals surface area contributed by atoms with Gasteiger partial charge in [-0.3, -0.25) is 15.0 Å². The van der Waals surface area contributed by atoms with Crippen molar-refractivity contribution in [1.82, 2.24) is 4.90 Å². The van der Waals surface area contributed by atoms with Gasteiger partial charge < -0.3 is 14.9 Å². The number of likely N-dealkylation sites (tertiary alicyclic amines) is 1. The lowest BCUT2D eigenvalue weighted by molar-refractivity contribution is -0.384. The largest absolute Gasteiger partial charge is 0.444 e. The molecule has 156 valence electrons. The van der Waals surface area contributed by atoms with Gasteiger partial charge in [0.1, 0.15) is 12.3 Å². The van der Waals surface area contributed by atoms with Crippen LogP contribution in [0.1, 0.15) is 32.8 Å². The summed E-state index contributed by atoms with van der Waals surface area (Å²) in [7, 11) is -1.46. The van der Waals surface area contributed by atoms with Crippen LogP contribution in [0.4, 0.5) is 10.5 Å². The van der Waals surface area contributed by atoms with E-state index in [-0.39, 0.29) is 30.2 Å². The number of hydrogen-bond acceptors (Lipinski definition) is 6. The highest BCUT2D eigenvalue weighted by molar-refractivity contribution is 6.48. The normalized spacial score (nSPS) is 22.5. The van der Waals surface area contributed by atoms with E-state index in [2.05, 4.69) is 33.9 Å². The van der Waals surface area contributed by atoms with Crippen molar-refractivity contribution in [3.05, 3.63) is 39.9 Å². The molecule has 28 heavy (non-hydrogen) atoms. The summed E-state index contributed by atoms with van der Waals surface area (Å²) < 4.78 is 11.8. The topological polar surface area (TPSA) is 108 Å². The first kappa shape index (κ1) is 22.3. The zero-order valence-electron chi connectivity index (χ0n) is 17.3. The van der Waals surface area contributed by atoms with Gasteiger partial charge in [0.2, 0.25) is 0 Å². The maximum atomic E-state index is 12.9. The molecule has 0 saturated carbocycles. The summed E-state index contributed by atoms with van der Waals surface area (Å²) in [5.74, 6) is 0.246. The molecule has 0 radical (unpaired) electrons. The second-order valence-corrected chi connectivity index (χ2v) is 11.0. The molecule has 0 unspecified atom stereocenters. The first-order valence-corrected chi connectivity index (χ1v) is 12.3. The number of nitro benzene ring substituents is 1. The molecule has 1 aliphatic rings. The Bertz CT molecular complexity index is 705.